The molecule has 1 aromatic heterocycles. The van der Waals surface area contributed by atoms with Gasteiger partial charge in [0, 0.05) is 19.3 Å². The summed E-state index contributed by atoms with van der Waals surface area (Å²) in [6, 6.07) is 3.39. The standard InChI is InChI=1S/C11H16N4O2/c12-14-10-9(2-1-5-13-10)11(17)15-6-3-8(16)4-7-15/h1-2,5,8,16H,3-4,6-7,12H2,(H,13,14). The summed E-state index contributed by atoms with van der Waals surface area (Å²) in [4.78, 5) is 17.9. The number of carbonyl (C=O) groups excluding carboxylic acids is 1. The van der Waals surface area contributed by atoms with Crippen molar-refractivity contribution in [3.63, 3.8) is 0 Å². The minimum Gasteiger partial charge on any atom is -0.393 e. The maximum absolute atomic E-state index is 12.2. The van der Waals surface area contributed by atoms with E-state index in [4.69, 9.17) is 5.84 Å². The number of nitrogens with zero attached hydrogens (tertiary/aromatic N) is 2. The lowest BCUT2D eigenvalue weighted by Crippen LogP contribution is -2.40. The van der Waals surface area contributed by atoms with Crippen LogP contribution in [-0.2, 0) is 0 Å². The highest BCUT2D eigenvalue weighted by Crippen LogP contribution is 2.17. The summed E-state index contributed by atoms with van der Waals surface area (Å²) >= 11 is 0. The first-order valence-corrected chi connectivity index (χ1v) is 5.61. The van der Waals surface area contributed by atoms with Crippen molar-refractivity contribution in [1.82, 2.24) is 9.88 Å². The maximum atomic E-state index is 12.2. The summed E-state index contributed by atoms with van der Waals surface area (Å²) < 4.78 is 0. The van der Waals surface area contributed by atoms with E-state index >= 15 is 0 Å². The number of pyridine rings is 1. The number of likely N-dealkylation sites (tertiary alicyclic amines) is 1. The first kappa shape index (κ1) is 11.8. The molecular formula is C11H16N4O2. The van der Waals surface area contributed by atoms with Crippen LogP contribution in [0.3, 0.4) is 0 Å². The van der Waals surface area contributed by atoms with Crippen LogP contribution in [0.5, 0.6) is 0 Å². The smallest absolute Gasteiger partial charge is 0.257 e. The third kappa shape index (κ3) is 2.54. The van der Waals surface area contributed by atoms with Crippen molar-refractivity contribution in [3.8, 4) is 0 Å². The molecule has 6 heteroatoms. The van der Waals surface area contributed by atoms with E-state index in [-0.39, 0.29) is 12.0 Å². The average Bonchev–Trinajstić information content (AvgIpc) is 2.39. The fourth-order valence-electron chi connectivity index (χ4n) is 1.93. The summed E-state index contributed by atoms with van der Waals surface area (Å²) in [5.74, 6) is 5.60. The van der Waals surface area contributed by atoms with Crippen LogP contribution in [0.15, 0.2) is 18.3 Å². The summed E-state index contributed by atoms with van der Waals surface area (Å²) in [6.07, 6.45) is 2.53. The highest BCUT2D eigenvalue weighted by Gasteiger charge is 2.24. The molecule has 2 heterocycles. The molecule has 0 atom stereocenters. The number of aliphatic hydroxyl groups is 1. The van der Waals surface area contributed by atoms with Crippen LogP contribution in [-0.4, -0.2) is 40.1 Å². The number of hydrogen-bond donors (Lipinski definition) is 3. The molecule has 0 radical (unpaired) electrons. The van der Waals surface area contributed by atoms with Crippen molar-refractivity contribution in [1.29, 1.82) is 0 Å². The van der Waals surface area contributed by atoms with E-state index < -0.39 is 0 Å². The Morgan fingerprint density at radius 3 is 2.88 bits per heavy atom. The zero-order chi connectivity index (χ0) is 12.3. The van der Waals surface area contributed by atoms with Crippen LogP contribution in [0.25, 0.3) is 0 Å². The van der Waals surface area contributed by atoms with Gasteiger partial charge in [0.2, 0.25) is 0 Å². The lowest BCUT2D eigenvalue weighted by Gasteiger charge is -2.29. The van der Waals surface area contributed by atoms with E-state index in [1.807, 2.05) is 0 Å². The minimum absolute atomic E-state index is 0.0991. The monoisotopic (exact) mass is 236 g/mol. The minimum atomic E-state index is -0.292. The van der Waals surface area contributed by atoms with Crippen molar-refractivity contribution < 1.29 is 9.90 Å². The Kier molecular flexibility index (Phi) is 3.55. The predicted octanol–water partition coefficient (Wildman–Crippen LogP) is -0.0359. The van der Waals surface area contributed by atoms with Gasteiger partial charge < -0.3 is 15.4 Å². The number of hydrogen-bond acceptors (Lipinski definition) is 5. The molecule has 1 fully saturated rings. The van der Waals surface area contributed by atoms with Crippen LogP contribution in [0.1, 0.15) is 23.2 Å². The number of rotatable bonds is 2. The number of aliphatic hydroxyl groups excluding tert-OH is 1. The van der Waals surface area contributed by atoms with E-state index in [0.29, 0.717) is 37.3 Å². The van der Waals surface area contributed by atoms with Gasteiger partial charge in [-0.1, -0.05) is 0 Å². The van der Waals surface area contributed by atoms with Crippen molar-refractivity contribution in [2.24, 2.45) is 5.84 Å². The van der Waals surface area contributed by atoms with Crippen LogP contribution < -0.4 is 11.3 Å². The molecule has 0 bridgehead atoms. The first-order valence-electron chi connectivity index (χ1n) is 5.61. The van der Waals surface area contributed by atoms with Gasteiger partial charge in [0.15, 0.2) is 5.82 Å². The summed E-state index contributed by atoms with van der Waals surface area (Å²) in [5.41, 5.74) is 2.88. The number of nitrogen functional groups attached to an aromatic ring is 1. The SMILES string of the molecule is NNc1ncccc1C(=O)N1CCC(O)CC1. The second-order valence-electron chi connectivity index (χ2n) is 4.07. The summed E-state index contributed by atoms with van der Waals surface area (Å²) in [6.45, 7) is 1.14. The van der Waals surface area contributed by atoms with Crippen molar-refractivity contribution in [2.75, 3.05) is 18.5 Å². The quantitative estimate of drug-likeness (QED) is 0.495. The fraction of sp³-hybridized carbons (Fsp3) is 0.455. The van der Waals surface area contributed by atoms with Gasteiger partial charge in [-0.15, -0.1) is 0 Å². The molecule has 0 aromatic carbocycles. The molecule has 92 valence electrons. The van der Waals surface area contributed by atoms with Crippen LogP contribution >= 0.6 is 0 Å². The summed E-state index contributed by atoms with van der Waals surface area (Å²) in [7, 11) is 0. The number of piperidine rings is 1. The topological polar surface area (TPSA) is 91.5 Å². The largest absolute Gasteiger partial charge is 0.393 e. The Bertz CT molecular complexity index is 402. The molecule has 17 heavy (non-hydrogen) atoms. The van der Waals surface area contributed by atoms with Gasteiger partial charge in [0.05, 0.1) is 11.7 Å². The molecule has 6 nitrogen and oxygen atoms in total. The highest BCUT2D eigenvalue weighted by atomic mass is 16.3. The van der Waals surface area contributed by atoms with Gasteiger partial charge in [-0.25, -0.2) is 10.8 Å². The zero-order valence-corrected chi connectivity index (χ0v) is 9.47. The second kappa shape index (κ2) is 5.11. The van der Waals surface area contributed by atoms with Crippen LogP contribution in [0.4, 0.5) is 5.82 Å². The molecule has 0 spiro atoms. The van der Waals surface area contributed by atoms with Gasteiger partial charge in [-0.3, -0.25) is 4.79 Å². The van der Waals surface area contributed by atoms with Crippen molar-refractivity contribution >= 4 is 11.7 Å². The number of hydrazine groups is 1. The van der Waals surface area contributed by atoms with Crippen molar-refractivity contribution in [2.45, 2.75) is 18.9 Å². The number of carbonyl (C=O) groups is 1. The molecule has 1 aliphatic heterocycles. The number of aromatic nitrogens is 1. The second-order valence-corrected chi connectivity index (χ2v) is 4.07. The van der Waals surface area contributed by atoms with Gasteiger partial charge in [0.25, 0.3) is 5.91 Å². The molecule has 1 aliphatic rings. The molecule has 0 unspecified atom stereocenters. The van der Waals surface area contributed by atoms with Gasteiger partial charge in [0.1, 0.15) is 0 Å². The zero-order valence-electron chi connectivity index (χ0n) is 9.47. The maximum Gasteiger partial charge on any atom is 0.257 e. The Hall–Kier alpha value is -1.66. The number of anilines is 1. The van der Waals surface area contributed by atoms with Gasteiger partial charge in [-0.05, 0) is 25.0 Å². The lowest BCUT2D eigenvalue weighted by atomic mass is 10.1. The number of nitrogens with two attached hydrogens (primary N) is 1. The van der Waals surface area contributed by atoms with E-state index in [1.54, 1.807) is 23.2 Å². The third-order valence-corrected chi connectivity index (χ3v) is 2.93. The molecule has 0 aliphatic carbocycles. The Labute approximate surface area is 99.4 Å². The molecule has 1 aromatic rings. The average molecular weight is 236 g/mol. The number of amides is 1. The van der Waals surface area contributed by atoms with Gasteiger partial charge >= 0.3 is 0 Å². The third-order valence-electron chi connectivity index (χ3n) is 2.93. The molecule has 2 rings (SSSR count). The molecular weight excluding hydrogens is 220 g/mol. The molecule has 1 saturated heterocycles. The van der Waals surface area contributed by atoms with Crippen molar-refractivity contribution in [3.05, 3.63) is 23.9 Å². The number of nitrogens with one attached hydrogen (secondary N) is 1. The molecule has 1 amide bonds. The Morgan fingerprint density at radius 1 is 1.53 bits per heavy atom. The van der Waals surface area contributed by atoms with E-state index in [0.717, 1.165) is 0 Å². The normalized spacial score (nSPS) is 16.9. The first-order chi connectivity index (χ1) is 8.22. The Morgan fingerprint density at radius 2 is 2.24 bits per heavy atom. The molecule has 0 saturated carbocycles. The van der Waals surface area contributed by atoms with Crippen LogP contribution in [0, 0.1) is 0 Å². The van der Waals surface area contributed by atoms with E-state index in [2.05, 4.69) is 10.4 Å². The highest BCUT2D eigenvalue weighted by molar-refractivity contribution is 5.98. The van der Waals surface area contributed by atoms with E-state index in [9.17, 15) is 9.90 Å². The summed E-state index contributed by atoms with van der Waals surface area (Å²) in [5, 5.41) is 9.40. The van der Waals surface area contributed by atoms with Gasteiger partial charge in [-0.2, -0.15) is 0 Å². The molecule has 4 N–H and O–H groups in total. The lowest BCUT2D eigenvalue weighted by molar-refractivity contribution is 0.0547. The van der Waals surface area contributed by atoms with E-state index in [1.165, 1.54) is 0 Å². The van der Waals surface area contributed by atoms with Crippen LogP contribution in [0.2, 0.25) is 0 Å². The Balaban J connectivity index is 2.14. The predicted molar refractivity (Wildman–Crippen MR) is 63.2 cm³/mol. The fourth-order valence-corrected chi connectivity index (χ4v) is 1.93.